The first-order valence-electron chi connectivity index (χ1n) is 8.31. The fraction of sp³-hybridized carbons (Fsp3) is 0.250. The molecule has 5 heteroatoms. The van der Waals surface area contributed by atoms with E-state index in [2.05, 4.69) is 23.2 Å². The van der Waals surface area contributed by atoms with Gasteiger partial charge in [0.2, 0.25) is 0 Å². The number of nitrogens with zero attached hydrogens (tertiary/aromatic N) is 3. The van der Waals surface area contributed by atoms with E-state index in [1.165, 1.54) is 5.56 Å². The maximum atomic E-state index is 12.8. The van der Waals surface area contributed by atoms with E-state index in [4.69, 9.17) is 5.26 Å². The van der Waals surface area contributed by atoms with Crippen LogP contribution >= 0.6 is 11.8 Å². The van der Waals surface area contributed by atoms with Gasteiger partial charge in [0.1, 0.15) is 0 Å². The van der Waals surface area contributed by atoms with Gasteiger partial charge in [-0.3, -0.25) is 14.7 Å². The molecule has 1 saturated heterocycles. The SMILES string of the molecule is N#Cc1ccc(C(=O)N2CCCSC2=NCCc2ccccc2)cc1. The summed E-state index contributed by atoms with van der Waals surface area (Å²) >= 11 is 1.64. The van der Waals surface area contributed by atoms with E-state index in [1.807, 2.05) is 18.2 Å². The van der Waals surface area contributed by atoms with Crippen molar-refractivity contribution in [2.45, 2.75) is 12.8 Å². The van der Waals surface area contributed by atoms with Crippen LogP contribution in [0.3, 0.4) is 0 Å². The highest BCUT2D eigenvalue weighted by Crippen LogP contribution is 2.20. The lowest BCUT2D eigenvalue weighted by atomic mass is 10.1. The van der Waals surface area contributed by atoms with Crippen molar-refractivity contribution in [2.75, 3.05) is 18.8 Å². The normalized spacial score (nSPS) is 15.8. The summed E-state index contributed by atoms with van der Waals surface area (Å²) in [5, 5.41) is 9.68. The summed E-state index contributed by atoms with van der Waals surface area (Å²) < 4.78 is 0. The molecule has 0 saturated carbocycles. The summed E-state index contributed by atoms with van der Waals surface area (Å²) in [5.74, 6) is 0.941. The molecule has 0 spiro atoms. The molecule has 1 fully saturated rings. The van der Waals surface area contributed by atoms with Crippen LogP contribution in [0.25, 0.3) is 0 Å². The van der Waals surface area contributed by atoms with E-state index >= 15 is 0 Å². The van der Waals surface area contributed by atoms with Crippen molar-refractivity contribution in [3.63, 3.8) is 0 Å². The molecule has 0 atom stereocenters. The van der Waals surface area contributed by atoms with E-state index in [0.29, 0.717) is 24.2 Å². The molecule has 1 heterocycles. The molecule has 0 radical (unpaired) electrons. The van der Waals surface area contributed by atoms with Crippen LogP contribution in [0, 0.1) is 11.3 Å². The Morgan fingerprint density at radius 2 is 1.92 bits per heavy atom. The maximum absolute atomic E-state index is 12.8. The third-order valence-electron chi connectivity index (χ3n) is 3.98. The molecule has 0 N–H and O–H groups in total. The fourth-order valence-corrected chi connectivity index (χ4v) is 3.62. The summed E-state index contributed by atoms with van der Waals surface area (Å²) in [6, 6.07) is 19.1. The third-order valence-corrected chi connectivity index (χ3v) is 5.09. The number of amidine groups is 1. The van der Waals surface area contributed by atoms with E-state index in [0.717, 1.165) is 23.8 Å². The van der Waals surface area contributed by atoms with Crippen molar-refractivity contribution in [3.8, 4) is 6.07 Å². The number of aliphatic imine (C=N–C) groups is 1. The predicted octanol–water partition coefficient (Wildman–Crippen LogP) is 3.74. The molecule has 25 heavy (non-hydrogen) atoms. The summed E-state index contributed by atoms with van der Waals surface area (Å²) in [7, 11) is 0. The van der Waals surface area contributed by atoms with E-state index < -0.39 is 0 Å². The van der Waals surface area contributed by atoms with Crippen molar-refractivity contribution in [1.82, 2.24) is 4.90 Å². The van der Waals surface area contributed by atoms with Gasteiger partial charge in [-0.15, -0.1) is 0 Å². The Kier molecular flexibility index (Phi) is 5.86. The van der Waals surface area contributed by atoms with Gasteiger partial charge >= 0.3 is 0 Å². The summed E-state index contributed by atoms with van der Waals surface area (Å²) in [5.41, 5.74) is 2.40. The Hall–Kier alpha value is -2.58. The molecule has 1 aliphatic heterocycles. The minimum atomic E-state index is -0.0462. The standard InChI is InChI=1S/C20H19N3OS/c21-15-17-7-9-18(10-8-17)19(24)23-13-4-14-25-20(23)22-12-11-16-5-2-1-3-6-16/h1-3,5-10H,4,11-14H2. The van der Waals surface area contributed by atoms with E-state index in [1.54, 1.807) is 40.9 Å². The molecule has 1 aliphatic rings. The van der Waals surface area contributed by atoms with Crippen LogP contribution in [0.1, 0.15) is 27.9 Å². The first kappa shape index (κ1) is 17.2. The molecule has 2 aromatic carbocycles. The number of amides is 1. The van der Waals surface area contributed by atoms with Gasteiger partial charge in [0.05, 0.1) is 11.6 Å². The Bertz CT molecular complexity index is 794. The number of carbonyl (C=O) groups excluding carboxylic acids is 1. The molecule has 1 amide bonds. The van der Waals surface area contributed by atoms with Crippen LogP contribution in [0.2, 0.25) is 0 Å². The number of hydrogen-bond donors (Lipinski definition) is 0. The average molecular weight is 349 g/mol. The summed E-state index contributed by atoms with van der Waals surface area (Å²) in [6.45, 7) is 1.36. The second kappa shape index (κ2) is 8.50. The Labute approximate surface area is 152 Å². The lowest BCUT2D eigenvalue weighted by Crippen LogP contribution is -2.39. The fourth-order valence-electron chi connectivity index (χ4n) is 2.65. The van der Waals surface area contributed by atoms with Crippen LogP contribution in [0.15, 0.2) is 59.6 Å². The van der Waals surface area contributed by atoms with Crippen molar-refractivity contribution in [2.24, 2.45) is 4.99 Å². The van der Waals surface area contributed by atoms with Gasteiger partial charge in [0.15, 0.2) is 5.17 Å². The van der Waals surface area contributed by atoms with Gasteiger partial charge in [-0.25, -0.2) is 0 Å². The number of nitriles is 1. The molecule has 0 unspecified atom stereocenters. The molecule has 3 rings (SSSR count). The van der Waals surface area contributed by atoms with E-state index in [-0.39, 0.29) is 5.91 Å². The molecule has 0 bridgehead atoms. The van der Waals surface area contributed by atoms with Gasteiger partial charge < -0.3 is 0 Å². The van der Waals surface area contributed by atoms with Gasteiger partial charge in [0.25, 0.3) is 5.91 Å². The topological polar surface area (TPSA) is 56.5 Å². The Morgan fingerprint density at radius 3 is 2.64 bits per heavy atom. The van der Waals surface area contributed by atoms with Crippen LogP contribution in [-0.2, 0) is 6.42 Å². The van der Waals surface area contributed by atoms with Crippen LogP contribution < -0.4 is 0 Å². The highest BCUT2D eigenvalue weighted by atomic mass is 32.2. The van der Waals surface area contributed by atoms with E-state index in [9.17, 15) is 4.79 Å². The summed E-state index contributed by atoms with van der Waals surface area (Å²) in [6.07, 6.45) is 1.83. The second-order valence-corrected chi connectivity index (χ2v) is 6.81. The second-order valence-electron chi connectivity index (χ2n) is 5.75. The molecule has 4 nitrogen and oxygen atoms in total. The average Bonchev–Trinajstić information content (AvgIpc) is 2.69. The molecular formula is C20H19N3OS. The van der Waals surface area contributed by atoms with Crippen molar-refractivity contribution in [1.29, 1.82) is 5.26 Å². The molecule has 2 aromatic rings. The zero-order chi connectivity index (χ0) is 17.5. The van der Waals surface area contributed by atoms with Gasteiger partial charge in [0, 0.05) is 24.4 Å². The molecule has 0 aromatic heterocycles. The number of thioether (sulfide) groups is 1. The lowest BCUT2D eigenvalue weighted by Gasteiger charge is -2.28. The van der Waals surface area contributed by atoms with Crippen molar-refractivity contribution in [3.05, 3.63) is 71.3 Å². The quantitative estimate of drug-likeness (QED) is 0.845. The minimum absolute atomic E-state index is 0.0462. The Balaban J connectivity index is 1.70. The van der Waals surface area contributed by atoms with Gasteiger partial charge in [-0.05, 0) is 42.7 Å². The number of carbonyl (C=O) groups is 1. The zero-order valence-corrected chi connectivity index (χ0v) is 14.7. The maximum Gasteiger partial charge on any atom is 0.259 e. The zero-order valence-electron chi connectivity index (χ0n) is 13.9. The van der Waals surface area contributed by atoms with Crippen LogP contribution in [-0.4, -0.2) is 34.8 Å². The number of benzene rings is 2. The molecule has 126 valence electrons. The van der Waals surface area contributed by atoms with Gasteiger partial charge in [-0.1, -0.05) is 42.1 Å². The highest BCUT2D eigenvalue weighted by molar-refractivity contribution is 8.13. The van der Waals surface area contributed by atoms with Crippen LogP contribution in [0.5, 0.6) is 0 Å². The van der Waals surface area contributed by atoms with Crippen molar-refractivity contribution < 1.29 is 4.79 Å². The van der Waals surface area contributed by atoms with Gasteiger partial charge in [-0.2, -0.15) is 5.26 Å². The molecule has 0 aliphatic carbocycles. The number of hydrogen-bond acceptors (Lipinski definition) is 4. The minimum Gasteiger partial charge on any atom is -0.287 e. The Morgan fingerprint density at radius 1 is 1.16 bits per heavy atom. The molecular weight excluding hydrogens is 330 g/mol. The largest absolute Gasteiger partial charge is 0.287 e. The third kappa shape index (κ3) is 4.49. The lowest BCUT2D eigenvalue weighted by molar-refractivity contribution is 0.0849. The highest BCUT2D eigenvalue weighted by Gasteiger charge is 2.24. The van der Waals surface area contributed by atoms with Crippen molar-refractivity contribution >= 4 is 22.8 Å². The number of rotatable bonds is 4. The predicted molar refractivity (Wildman–Crippen MR) is 102 cm³/mol. The first-order valence-corrected chi connectivity index (χ1v) is 9.30. The smallest absolute Gasteiger partial charge is 0.259 e. The monoisotopic (exact) mass is 349 g/mol. The summed E-state index contributed by atoms with van der Waals surface area (Å²) in [4.78, 5) is 19.2. The first-order chi connectivity index (χ1) is 12.3. The van der Waals surface area contributed by atoms with Crippen LogP contribution in [0.4, 0.5) is 0 Å².